The van der Waals surface area contributed by atoms with Gasteiger partial charge >= 0.3 is 0 Å². The number of benzene rings is 4. The number of carbonyl (C=O) groups is 2. The Balaban J connectivity index is 0.000000199. The van der Waals surface area contributed by atoms with Crippen molar-refractivity contribution in [3.05, 3.63) is 247 Å². The Morgan fingerprint density at radius 1 is 0.557 bits per heavy atom. The van der Waals surface area contributed by atoms with Crippen LogP contribution in [0.3, 0.4) is 0 Å². The Bertz CT molecular complexity index is 2620. The third-order valence-electron chi connectivity index (χ3n) is 10.4. The van der Waals surface area contributed by atoms with E-state index in [1.54, 1.807) is 22.7 Å². The minimum Gasteiger partial charge on any atom is -0.545 e. The quantitative estimate of drug-likeness (QED) is 0.0493. The van der Waals surface area contributed by atoms with Gasteiger partial charge in [0.2, 0.25) is 12.7 Å². The molecule has 0 fully saturated rings. The van der Waals surface area contributed by atoms with E-state index in [-0.39, 0.29) is 12.2 Å². The lowest BCUT2D eigenvalue weighted by Crippen LogP contribution is -2.35. The van der Waals surface area contributed by atoms with E-state index in [4.69, 9.17) is 9.47 Å². The fourth-order valence-corrected chi connectivity index (χ4v) is 8.98. The smallest absolute Gasteiger partial charge is 0.244 e. The molecule has 14 heteroatoms. The summed E-state index contributed by atoms with van der Waals surface area (Å²) in [5.41, 5.74) is 5.02. The monoisotopic (exact) mass is 1100 g/mol. The van der Waals surface area contributed by atoms with Crippen LogP contribution in [0.2, 0.25) is 0 Å². The predicted molar refractivity (Wildman–Crippen MR) is 281 cm³/mol. The summed E-state index contributed by atoms with van der Waals surface area (Å²) in [7, 11) is 0. The molecule has 0 aliphatic carbocycles. The average molecular weight is 1100 g/mol. The van der Waals surface area contributed by atoms with Gasteiger partial charge in [-0.25, -0.2) is 18.3 Å². The second-order valence-corrected chi connectivity index (χ2v) is 19.5. The van der Waals surface area contributed by atoms with Gasteiger partial charge < -0.3 is 29.3 Å². The van der Waals surface area contributed by atoms with Crippen molar-refractivity contribution < 1.29 is 38.4 Å². The first kappa shape index (κ1) is 53.1. The predicted octanol–water partition coefficient (Wildman–Crippen LogP) is 9.67. The number of ether oxygens (including phenoxy) is 2. The van der Waals surface area contributed by atoms with Crippen LogP contribution in [-0.4, -0.2) is 34.3 Å². The number of aliphatic carboxylic acids is 2. The molecular formula is C56H54Br2N4O6S2. The van der Waals surface area contributed by atoms with Crippen molar-refractivity contribution in [2.75, 3.05) is 13.2 Å². The van der Waals surface area contributed by atoms with Crippen LogP contribution < -0.4 is 19.3 Å². The highest BCUT2D eigenvalue weighted by Crippen LogP contribution is 2.25. The van der Waals surface area contributed by atoms with Gasteiger partial charge in [0, 0.05) is 18.7 Å². The number of thiophene rings is 2. The molecule has 4 aromatic carbocycles. The van der Waals surface area contributed by atoms with Gasteiger partial charge in [-0.2, -0.15) is 0 Å². The molecule has 0 N–H and O–H groups in total. The molecule has 4 aromatic heterocycles. The molecule has 360 valence electrons. The Labute approximate surface area is 434 Å². The van der Waals surface area contributed by atoms with Gasteiger partial charge in [0.25, 0.3) is 0 Å². The molecule has 2 atom stereocenters. The average Bonchev–Trinajstić information content (AvgIpc) is 4.23. The summed E-state index contributed by atoms with van der Waals surface area (Å²) in [5, 5.41) is 23.1. The first-order chi connectivity index (χ1) is 34.1. The molecule has 0 saturated heterocycles. The molecule has 8 rings (SSSR count). The van der Waals surface area contributed by atoms with Crippen LogP contribution in [0.4, 0.5) is 0 Å². The van der Waals surface area contributed by atoms with E-state index in [2.05, 4.69) is 244 Å². The van der Waals surface area contributed by atoms with E-state index in [0.29, 0.717) is 25.4 Å². The lowest BCUT2D eigenvalue weighted by Gasteiger charge is -2.15. The minimum atomic E-state index is -1.55. The van der Waals surface area contributed by atoms with Crippen molar-refractivity contribution in [3.63, 3.8) is 0 Å². The summed E-state index contributed by atoms with van der Waals surface area (Å²) < 4.78 is 23.6. The number of carboxylic acid groups (broad SMARTS) is 2. The van der Waals surface area contributed by atoms with Gasteiger partial charge in [0.15, 0.2) is 0 Å². The minimum absolute atomic E-state index is 0.0582. The zero-order valence-electron chi connectivity index (χ0n) is 38.4. The van der Waals surface area contributed by atoms with Crippen molar-refractivity contribution >= 4 is 78.6 Å². The number of aromatic nitrogens is 4. The maximum Gasteiger partial charge on any atom is 0.244 e. The third-order valence-corrected chi connectivity index (χ3v) is 13.4. The van der Waals surface area contributed by atoms with Crippen LogP contribution in [-0.2, 0) is 58.1 Å². The number of hydrogen-bond donors (Lipinski definition) is 0. The van der Waals surface area contributed by atoms with Gasteiger partial charge in [-0.15, -0.1) is 22.7 Å². The van der Waals surface area contributed by atoms with Gasteiger partial charge in [-0.05, 0) is 107 Å². The number of nitrogens with zero attached hydrogens (tertiary/aromatic N) is 4. The second kappa shape index (κ2) is 29.7. The molecule has 4 heterocycles. The molecule has 0 bridgehead atoms. The van der Waals surface area contributed by atoms with E-state index in [9.17, 15) is 19.8 Å². The zero-order valence-corrected chi connectivity index (χ0v) is 43.2. The Morgan fingerprint density at radius 2 is 0.957 bits per heavy atom. The van der Waals surface area contributed by atoms with Gasteiger partial charge in [0.05, 0.1) is 25.2 Å². The standard InChI is InChI=1S/2C26H26BrN2OS.C4H4O4/c2*27-24-12-10-23(11-13-24)8-4-15-28-16-17-29(21-28)20-25(26-9-5-19-31-26)30-18-14-22-6-2-1-3-7-22;5-3(6)1-2-4(7)8/h2*1-13,16-17,19,21,25H,14-15,18,20H2;1-2H,(H,5,6)(H,7,8)/q2*+1;/p-2/b;;2-1+. The van der Waals surface area contributed by atoms with E-state index in [1.165, 1.54) is 32.0 Å². The zero-order chi connectivity index (χ0) is 49.2. The molecule has 70 heavy (non-hydrogen) atoms. The number of allylic oxidation sites excluding steroid dienone is 2. The molecule has 2 unspecified atom stereocenters. The maximum absolute atomic E-state index is 9.41. The van der Waals surface area contributed by atoms with Crippen molar-refractivity contribution in [1.29, 1.82) is 0 Å². The largest absolute Gasteiger partial charge is 0.545 e. The molecule has 0 spiro atoms. The molecule has 10 nitrogen and oxygen atoms in total. The Hall–Kier alpha value is -6.26. The molecular weight excluding hydrogens is 1050 g/mol. The number of hydrogen-bond acceptors (Lipinski definition) is 8. The lowest BCUT2D eigenvalue weighted by atomic mass is 10.2. The number of imidazole rings is 2. The molecule has 0 aliphatic heterocycles. The summed E-state index contributed by atoms with van der Waals surface area (Å²) in [4.78, 5) is 21.4. The van der Waals surface area contributed by atoms with E-state index < -0.39 is 11.9 Å². The Morgan fingerprint density at radius 3 is 1.31 bits per heavy atom. The van der Waals surface area contributed by atoms with Gasteiger partial charge in [-0.3, -0.25) is 0 Å². The van der Waals surface area contributed by atoms with Crippen LogP contribution in [0.15, 0.2) is 215 Å². The highest BCUT2D eigenvalue weighted by molar-refractivity contribution is 9.10. The van der Waals surface area contributed by atoms with Gasteiger partial charge in [0.1, 0.15) is 63.2 Å². The van der Waals surface area contributed by atoms with Crippen LogP contribution >= 0.6 is 54.5 Å². The van der Waals surface area contributed by atoms with Crippen LogP contribution in [0.5, 0.6) is 0 Å². The normalized spacial score (nSPS) is 12.1. The van der Waals surface area contributed by atoms with E-state index in [1.807, 2.05) is 12.1 Å². The topological polar surface area (TPSA) is 116 Å². The van der Waals surface area contributed by atoms with E-state index >= 15 is 0 Å². The van der Waals surface area contributed by atoms with Crippen LogP contribution in [0.1, 0.15) is 44.2 Å². The highest BCUT2D eigenvalue weighted by Gasteiger charge is 2.19. The highest BCUT2D eigenvalue weighted by atomic mass is 79.9. The second-order valence-electron chi connectivity index (χ2n) is 15.7. The van der Waals surface area contributed by atoms with Crippen molar-refractivity contribution in [1.82, 2.24) is 9.13 Å². The summed E-state index contributed by atoms with van der Waals surface area (Å²) >= 11 is 10.5. The van der Waals surface area contributed by atoms with Crippen LogP contribution in [0.25, 0.3) is 12.2 Å². The van der Waals surface area contributed by atoms with Crippen LogP contribution in [0, 0.1) is 0 Å². The fourth-order valence-electron chi connectivity index (χ4n) is 6.92. The first-order valence-corrected chi connectivity index (χ1v) is 25.9. The summed E-state index contributed by atoms with van der Waals surface area (Å²) in [6.07, 6.45) is 24.2. The third kappa shape index (κ3) is 20.0. The maximum atomic E-state index is 9.41. The Kier molecular flexibility index (Phi) is 22.5. The number of halogens is 2. The molecule has 0 radical (unpaired) electrons. The number of carboxylic acids is 2. The molecule has 0 amide bonds. The van der Waals surface area contributed by atoms with E-state index in [0.717, 1.165) is 48.0 Å². The number of carbonyl (C=O) groups excluding carboxylic acids is 2. The number of rotatable bonds is 22. The first-order valence-electron chi connectivity index (χ1n) is 22.6. The van der Waals surface area contributed by atoms with Crippen molar-refractivity contribution in [2.45, 2.75) is 51.2 Å². The molecule has 0 aliphatic rings. The lowest BCUT2D eigenvalue weighted by molar-refractivity contribution is -0.704. The van der Waals surface area contributed by atoms with Crippen molar-refractivity contribution in [3.8, 4) is 0 Å². The SMILES string of the molecule is Brc1ccc(C=CCn2cc[n+](CC(OCCc3ccccc3)c3cccs3)c2)cc1.Brc1ccc(C=CCn2cc[n+](CC(OCCc3ccccc3)c3cccs3)c2)cc1.O=C([O-])/C=C/C(=O)[O-]. The summed E-state index contributed by atoms with van der Waals surface area (Å²) in [5.74, 6) is -3.09. The molecule has 8 aromatic rings. The molecule has 0 saturated carbocycles. The van der Waals surface area contributed by atoms with Gasteiger partial charge in [-0.1, -0.05) is 141 Å². The fraction of sp³-hybridized carbons (Fsp3) is 0.179. The summed E-state index contributed by atoms with van der Waals surface area (Å²) in [6.45, 7) is 4.70. The van der Waals surface area contributed by atoms with Crippen molar-refractivity contribution in [2.24, 2.45) is 0 Å². The summed E-state index contributed by atoms with van der Waals surface area (Å²) in [6, 6.07) is 46.2.